The van der Waals surface area contributed by atoms with Crippen molar-refractivity contribution in [3.8, 4) is 5.75 Å². The molecule has 19 heavy (non-hydrogen) atoms. The number of urea groups is 1. The van der Waals surface area contributed by atoms with Crippen LogP contribution in [0.25, 0.3) is 0 Å². The summed E-state index contributed by atoms with van der Waals surface area (Å²) in [6.07, 6.45) is 0. The molecule has 0 heterocycles. The Hall–Kier alpha value is -2.08. The number of rotatable bonds is 6. The topological polar surface area (TPSA) is 93.4 Å². The Labute approximate surface area is 112 Å². The molecule has 3 amide bonds. The van der Waals surface area contributed by atoms with E-state index in [-0.39, 0.29) is 0 Å². The first-order chi connectivity index (χ1) is 8.99. The molecule has 0 fully saturated rings. The molecule has 104 valence electrons. The second kappa shape index (κ2) is 7.38. The molecule has 4 N–H and O–H groups in total. The highest BCUT2D eigenvalue weighted by molar-refractivity contribution is 5.96. The lowest BCUT2D eigenvalue weighted by Crippen LogP contribution is -2.47. The maximum absolute atomic E-state index is 11.3. The zero-order valence-corrected chi connectivity index (χ0v) is 11.1. The minimum absolute atomic E-state index is 0.428. The first kappa shape index (κ1) is 15.0. The van der Waals surface area contributed by atoms with E-state index in [1.165, 1.54) is 0 Å². The fourth-order valence-electron chi connectivity index (χ4n) is 1.47. The van der Waals surface area contributed by atoms with Crippen LogP contribution < -0.4 is 21.1 Å². The van der Waals surface area contributed by atoms with Crippen LogP contribution in [0, 0.1) is 6.92 Å². The molecule has 1 aromatic carbocycles. The molecular weight excluding hydrogens is 246 g/mol. The number of primary amides is 1. The van der Waals surface area contributed by atoms with Crippen LogP contribution >= 0.6 is 0 Å². The van der Waals surface area contributed by atoms with Gasteiger partial charge >= 0.3 is 6.03 Å². The van der Waals surface area contributed by atoms with E-state index in [2.05, 4.69) is 5.32 Å². The van der Waals surface area contributed by atoms with Gasteiger partial charge in [-0.05, 0) is 31.5 Å². The fraction of sp³-hybridized carbons (Fsp3) is 0.385. The van der Waals surface area contributed by atoms with Crippen molar-refractivity contribution in [1.29, 1.82) is 0 Å². The highest BCUT2D eigenvalue weighted by Crippen LogP contribution is 2.11. The number of ether oxygens (including phenoxy) is 1. The maximum atomic E-state index is 11.3. The van der Waals surface area contributed by atoms with Crippen molar-refractivity contribution in [2.75, 3.05) is 13.2 Å². The summed E-state index contributed by atoms with van der Waals surface area (Å²) in [7, 11) is 0. The molecule has 0 aromatic heterocycles. The van der Waals surface area contributed by atoms with Crippen molar-refractivity contribution in [3.05, 3.63) is 29.8 Å². The number of benzene rings is 1. The molecule has 0 radical (unpaired) electrons. The molecule has 6 heteroatoms. The molecule has 0 saturated heterocycles. The summed E-state index contributed by atoms with van der Waals surface area (Å²) in [4.78, 5) is 21.8. The van der Waals surface area contributed by atoms with Gasteiger partial charge in [0.15, 0.2) is 0 Å². The number of nitrogens with two attached hydrogens (primary N) is 1. The molecule has 1 rings (SSSR count). The van der Waals surface area contributed by atoms with E-state index in [4.69, 9.17) is 10.5 Å². The normalized spacial score (nSPS) is 11.7. The van der Waals surface area contributed by atoms with Crippen LogP contribution in [0.1, 0.15) is 12.5 Å². The van der Waals surface area contributed by atoms with Crippen molar-refractivity contribution in [2.45, 2.75) is 19.9 Å². The number of amides is 3. The van der Waals surface area contributed by atoms with E-state index >= 15 is 0 Å². The van der Waals surface area contributed by atoms with Crippen LogP contribution in [0.4, 0.5) is 4.79 Å². The van der Waals surface area contributed by atoms with Crippen molar-refractivity contribution >= 4 is 11.9 Å². The number of hydrogen-bond donors (Lipinski definition) is 3. The smallest absolute Gasteiger partial charge is 0.318 e. The standard InChI is InChI=1S/C13H19N3O3/c1-9-4-3-5-11(8-9)19-7-6-15-10(2)12(17)16-13(14)18/h3-5,8,10,15H,6-7H2,1-2H3,(H3,14,16,17,18). The van der Waals surface area contributed by atoms with Gasteiger partial charge in [-0.3, -0.25) is 10.1 Å². The van der Waals surface area contributed by atoms with Gasteiger partial charge < -0.3 is 15.8 Å². The fourth-order valence-corrected chi connectivity index (χ4v) is 1.47. The second-order valence-electron chi connectivity index (χ2n) is 4.19. The molecule has 0 spiro atoms. The van der Waals surface area contributed by atoms with Crippen LogP contribution in [0.15, 0.2) is 24.3 Å². The molecule has 0 bridgehead atoms. The molecule has 0 aliphatic heterocycles. The van der Waals surface area contributed by atoms with Crippen molar-refractivity contribution in [1.82, 2.24) is 10.6 Å². The van der Waals surface area contributed by atoms with Gasteiger partial charge in [0, 0.05) is 6.54 Å². The molecule has 1 atom stereocenters. The number of nitrogens with one attached hydrogen (secondary N) is 2. The molecule has 6 nitrogen and oxygen atoms in total. The van der Waals surface area contributed by atoms with Gasteiger partial charge in [0.25, 0.3) is 0 Å². The molecule has 0 saturated carbocycles. The summed E-state index contributed by atoms with van der Waals surface area (Å²) in [6.45, 7) is 4.55. The minimum atomic E-state index is -0.852. The van der Waals surface area contributed by atoms with Crippen molar-refractivity contribution < 1.29 is 14.3 Å². The number of hydrogen-bond acceptors (Lipinski definition) is 4. The van der Waals surface area contributed by atoms with Crippen LogP contribution in [-0.4, -0.2) is 31.1 Å². The number of aryl methyl sites for hydroxylation is 1. The zero-order valence-electron chi connectivity index (χ0n) is 11.1. The Morgan fingerprint density at radius 3 is 2.79 bits per heavy atom. The van der Waals surface area contributed by atoms with E-state index in [0.29, 0.717) is 13.2 Å². The largest absolute Gasteiger partial charge is 0.492 e. The lowest BCUT2D eigenvalue weighted by atomic mass is 10.2. The van der Waals surface area contributed by atoms with Gasteiger partial charge in [-0.1, -0.05) is 12.1 Å². The third-order valence-corrected chi connectivity index (χ3v) is 2.45. The second-order valence-corrected chi connectivity index (χ2v) is 4.19. The van der Waals surface area contributed by atoms with Gasteiger partial charge in [0.1, 0.15) is 12.4 Å². The van der Waals surface area contributed by atoms with Crippen molar-refractivity contribution in [2.24, 2.45) is 5.73 Å². The predicted octanol–water partition coefficient (Wildman–Crippen LogP) is 0.547. The summed E-state index contributed by atoms with van der Waals surface area (Å²) in [6, 6.07) is 6.35. The van der Waals surface area contributed by atoms with E-state index in [1.807, 2.05) is 36.5 Å². The first-order valence-corrected chi connectivity index (χ1v) is 6.02. The maximum Gasteiger partial charge on any atom is 0.318 e. The number of carbonyl (C=O) groups is 2. The van der Waals surface area contributed by atoms with Gasteiger partial charge in [0.05, 0.1) is 6.04 Å². The van der Waals surface area contributed by atoms with Crippen LogP contribution in [0.2, 0.25) is 0 Å². The lowest BCUT2D eigenvalue weighted by molar-refractivity contribution is -0.121. The molecule has 0 aliphatic carbocycles. The van der Waals surface area contributed by atoms with Crippen LogP contribution in [0.5, 0.6) is 5.75 Å². The Bertz CT molecular complexity index is 449. The number of imide groups is 1. The van der Waals surface area contributed by atoms with Gasteiger partial charge in [-0.15, -0.1) is 0 Å². The van der Waals surface area contributed by atoms with E-state index < -0.39 is 18.0 Å². The number of carbonyl (C=O) groups excluding carboxylic acids is 2. The molecule has 1 aromatic rings. The van der Waals surface area contributed by atoms with E-state index in [9.17, 15) is 9.59 Å². The highest BCUT2D eigenvalue weighted by atomic mass is 16.5. The molecule has 1 unspecified atom stereocenters. The average molecular weight is 265 g/mol. The Morgan fingerprint density at radius 2 is 2.16 bits per heavy atom. The third kappa shape index (κ3) is 5.87. The third-order valence-electron chi connectivity index (χ3n) is 2.45. The SMILES string of the molecule is Cc1cccc(OCCNC(C)C(=O)NC(N)=O)c1. The Morgan fingerprint density at radius 1 is 1.42 bits per heavy atom. The monoisotopic (exact) mass is 265 g/mol. The van der Waals surface area contributed by atoms with Crippen LogP contribution in [0.3, 0.4) is 0 Å². The average Bonchev–Trinajstić information content (AvgIpc) is 2.33. The van der Waals surface area contributed by atoms with Crippen LogP contribution in [-0.2, 0) is 4.79 Å². The first-order valence-electron chi connectivity index (χ1n) is 6.02. The van der Waals surface area contributed by atoms with Gasteiger partial charge in [-0.25, -0.2) is 4.79 Å². The molecule has 0 aliphatic rings. The quantitative estimate of drug-likeness (QED) is 0.655. The minimum Gasteiger partial charge on any atom is -0.492 e. The van der Waals surface area contributed by atoms with E-state index in [1.54, 1.807) is 6.92 Å². The van der Waals surface area contributed by atoms with Crippen molar-refractivity contribution in [3.63, 3.8) is 0 Å². The predicted molar refractivity (Wildman–Crippen MR) is 71.9 cm³/mol. The highest BCUT2D eigenvalue weighted by Gasteiger charge is 2.12. The summed E-state index contributed by atoms with van der Waals surface area (Å²) < 4.78 is 5.51. The van der Waals surface area contributed by atoms with Gasteiger partial charge in [-0.2, -0.15) is 0 Å². The molecular formula is C13H19N3O3. The Kier molecular flexibility index (Phi) is 5.81. The Balaban J connectivity index is 2.23. The summed E-state index contributed by atoms with van der Waals surface area (Å²) >= 11 is 0. The summed E-state index contributed by atoms with van der Waals surface area (Å²) in [5, 5.41) is 4.93. The lowest BCUT2D eigenvalue weighted by Gasteiger charge is -2.13. The van der Waals surface area contributed by atoms with Gasteiger partial charge in [0.2, 0.25) is 5.91 Å². The zero-order chi connectivity index (χ0) is 14.3. The summed E-state index contributed by atoms with van der Waals surface area (Å²) in [5.41, 5.74) is 5.98. The summed E-state index contributed by atoms with van der Waals surface area (Å²) in [5.74, 6) is 0.332. The van der Waals surface area contributed by atoms with E-state index in [0.717, 1.165) is 11.3 Å².